The van der Waals surface area contributed by atoms with Crippen LogP contribution in [-0.2, 0) is 0 Å². The summed E-state index contributed by atoms with van der Waals surface area (Å²) >= 11 is 1.20. The van der Waals surface area contributed by atoms with Crippen LogP contribution in [0, 0.1) is 15.9 Å². The lowest BCUT2D eigenvalue weighted by atomic mass is 9.98. The van der Waals surface area contributed by atoms with Gasteiger partial charge in [-0.1, -0.05) is 0 Å². The van der Waals surface area contributed by atoms with Crippen molar-refractivity contribution in [3.63, 3.8) is 0 Å². The summed E-state index contributed by atoms with van der Waals surface area (Å²) in [6.07, 6.45) is 1.52. The second-order valence-electron chi connectivity index (χ2n) is 6.56. The first-order valence-electron chi connectivity index (χ1n) is 8.69. The molecule has 1 aliphatic heterocycles. The number of non-ortho nitro benzene ring substituents is 1. The van der Waals surface area contributed by atoms with Crippen LogP contribution < -0.4 is 10.3 Å². The molecule has 1 aliphatic rings. The number of nitrogens with zero attached hydrogens (tertiary/aromatic N) is 3. The monoisotopic (exact) mass is 423 g/mol. The van der Waals surface area contributed by atoms with Crippen LogP contribution in [0.25, 0.3) is 11.0 Å². The number of nitro benzene ring substituents is 1. The zero-order valence-electron chi connectivity index (χ0n) is 14.9. The smallest absolute Gasteiger partial charge is 0.297 e. The molecule has 8 nitrogen and oxygen atoms in total. The average molecular weight is 423 g/mol. The minimum absolute atomic E-state index is 0.00875. The summed E-state index contributed by atoms with van der Waals surface area (Å²) < 4.78 is 19.5. The van der Waals surface area contributed by atoms with Gasteiger partial charge in [0.2, 0.25) is 5.76 Å². The predicted molar refractivity (Wildman–Crippen MR) is 106 cm³/mol. The zero-order valence-corrected chi connectivity index (χ0v) is 15.8. The number of amides is 1. The van der Waals surface area contributed by atoms with Crippen molar-refractivity contribution in [3.05, 3.63) is 97.1 Å². The Morgan fingerprint density at radius 2 is 1.93 bits per heavy atom. The number of thiazole rings is 1. The first-order valence-corrected chi connectivity index (χ1v) is 9.57. The highest BCUT2D eigenvalue weighted by atomic mass is 32.1. The summed E-state index contributed by atoms with van der Waals surface area (Å²) in [5.74, 6) is -1.33. The van der Waals surface area contributed by atoms with E-state index in [4.69, 9.17) is 4.42 Å². The molecule has 3 heterocycles. The van der Waals surface area contributed by atoms with Crippen molar-refractivity contribution in [2.24, 2.45) is 0 Å². The first kappa shape index (κ1) is 18.1. The molecular formula is C20H10FN3O5S. The van der Waals surface area contributed by atoms with E-state index in [9.17, 15) is 24.1 Å². The maximum absolute atomic E-state index is 13.8. The van der Waals surface area contributed by atoms with Crippen LogP contribution in [0.2, 0.25) is 0 Å². The Hall–Kier alpha value is -3.92. The number of carbonyl (C=O) groups excluding carboxylic acids is 1. The van der Waals surface area contributed by atoms with Gasteiger partial charge in [0.15, 0.2) is 10.6 Å². The fourth-order valence-corrected chi connectivity index (χ4v) is 4.24. The van der Waals surface area contributed by atoms with E-state index in [-0.39, 0.29) is 28.0 Å². The molecule has 0 radical (unpaired) electrons. The molecule has 2 aromatic heterocycles. The summed E-state index contributed by atoms with van der Waals surface area (Å²) in [6, 6.07) is 8.12. The fraction of sp³-hybridized carbons (Fsp3) is 0.0500. The number of fused-ring (bicyclic) bond motifs is 2. The normalized spacial score (nSPS) is 15.6. The van der Waals surface area contributed by atoms with E-state index in [0.29, 0.717) is 10.7 Å². The van der Waals surface area contributed by atoms with Crippen LogP contribution in [0.3, 0.4) is 0 Å². The van der Waals surface area contributed by atoms with E-state index in [1.54, 1.807) is 5.38 Å². The van der Waals surface area contributed by atoms with Gasteiger partial charge >= 0.3 is 0 Å². The van der Waals surface area contributed by atoms with E-state index in [1.807, 2.05) is 0 Å². The van der Waals surface area contributed by atoms with Crippen molar-refractivity contribution < 1.29 is 18.5 Å². The quantitative estimate of drug-likeness (QED) is 0.364. The zero-order chi connectivity index (χ0) is 21.0. The Balaban J connectivity index is 1.79. The van der Waals surface area contributed by atoms with Crippen molar-refractivity contribution in [1.82, 2.24) is 4.98 Å². The Morgan fingerprint density at radius 3 is 2.60 bits per heavy atom. The van der Waals surface area contributed by atoms with Gasteiger partial charge in [0.25, 0.3) is 11.6 Å². The third-order valence-corrected chi connectivity index (χ3v) is 5.65. The molecule has 0 saturated carbocycles. The summed E-state index contributed by atoms with van der Waals surface area (Å²) in [7, 11) is 0. The lowest BCUT2D eigenvalue weighted by Gasteiger charge is -2.22. The van der Waals surface area contributed by atoms with Gasteiger partial charge < -0.3 is 4.42 Å². The van der Waals surface area contributed by atoms with Crippen LogP contribution in [0.5, 0.6) is 0 Å². The van der Waals surface area contributed by atoms with E-state index in [2.05, 4.69) is 4.98 Å². The minimum atomic E-state index is -0.914. The standard InChI is InChI=1S/C20H10FN3O5S/c21-11-3-6-14-13(9-11)17(25)15-16(10-1-4-12(5-2-10)24(27)28)23(19(26)18(15)29-14)20-22-7-8-30-20/h1-9,16H/t16-/m1/s1. The maximum atomic E-state index is 13.8. The highest BCUT2D eigenvalue weighted by Crippen LogP contribution is 2.42. The van der Waals surface area contributed by atoms with Gasteiger partial charge in [-0.05, 0) is 35.9 Å². The fourth-order valence-electron chi connectivity index (χ4n) is 3.57. The molecule has 0 bridgehead atoms. The lowest BCUT2D eigenvalue weighted by molar-refractivity contribution is -0.384. The van der Waals surface area contributed by atoms with Crippen molar-refractivity contribution in [2.75, 3.05) is 4.90 Å². The molecule has 0 N–H and O–H groups in total. The number of aromatic nitrogens is 1. The topological polar surface area (TPSA) is 107 Å². The summed E-state index contributed by atoms with van der Waals surface area (Å²) in [4.78, 5) is 42.4. The summed E-state index contributed by atoms with van der Waals surface area (Å²) in [5.41, 5.74) is -0.0664. The molecule has 5 rings (SSSR count). The number of benzene rings is 2. The Bertz CT molecular complexity index is 1380. The number of rotatable bonds is 3. The predicted octanol–water partition coefficient (Wildman–Crippen LogP) is 4.05. The molecular weight excluding hydrogens is 413 g/mol. The third kappa shape index (κ3) is 2.61. The van der Waals surface area contributed by atoms with Gasteiger partial charge in [0, 0.05) is 23.7 Å². The number of anilines is 1. The molecule has 4 aromatic rings. The largest absolute Gasteiger partial charge is 0.450 e. The van der Waals surface area contributed by atoms with E-state index >= 15 is 0 Å². The molecule has 0 spiro atoms. The van der Waals surface area contributed by atoms with Crippen LogP contribution in [0.1, 0.15) is 27.7 Å². The molecule has 2 aromatic carbocycles. The number of hydrogen-bond donors (Lipinski definition) is 0. The number of halogens is 1. The number of carbonyl (C=O) groups is 1. The maximum Gasteiger partial charge on any atom is 0.297 e. The highest BCUT2D eigenvalue weighted by molar-refractivity contribution is 7.13. The summed E-state index contributed by atoms with van der Waals surface area (Å²) in [5, 5.41) is 13.0. The van der Waals surface area contributed by atoms with Crippen LogP contribution in [0.4, 0.5) is 15.2 Å². The van der Waals surface area contributed by atoms with Crippen LogP contribution in [0.15, 0.2) is 63.3 Å². The van der Waals surface area contributed by atoms with Gasteiger partial charge in [-0.2, -0.15) is 0 Å². The van der Waals surface area contributed by atoms with Gasteiger partial charge in [0.05, 0.1) is 21.9 Å². The van der Waals surface area contributed by atoms with Gasteiger partial charge in [-0.3, -0.25) is 24.6 Å². The van der Waals surface area contributed by atoms with Gasteiger partial charge in [-0.15, -0.1) is 11.3 Å². The van der Waals surface area contributed by atoms with Crippen molar-refractivity contribution in [2.45, 2.75) is 6.04 Å². The Morgan fingerprint density at radius 1 is 1.17 bits per heavy atom. The van der Waals surface area contributed by atoms with Crippen LogP contribution >= 0.6 is 11.3 Å². The second kappa shape index (κ2) is 6.56. The number of hydrogen-bond acceptors (Lipinski definition) is 7. The Kier molecular flexibility index (Phi) is 3.97. The Labute approximate surface area is 171 Å². The van der Waals surface area contributed by atoms with Crippen molar-refractivity contribution in [3.8, 4) is 0 Å². The first-order chi connectivity index (χ1) is 14.5. The van der Waals surface area contributed by atoms with Gasteiger partial charge in [-0.25, -0.2) is 9.37 Å². The summed E-state index contributed by atoms with van der Waals surface area (Å²) in [6.45, 7) is 0. The molecule has 0 aliphatic carbocycles. The van der Waals surface area contributed by atoms with E-state index in [0.717, 1.165) is 12.1 Å². The molecule has 148 valence electrons. The molecule has 10 heteroatoms. The third-order valence-electron chi connectivity index (χ3n) is 4.88. The molecule has 0 fully saturated rings. The van der Waals surface area contributed by atoms with Crippen LogP contribution in [-0.4, -0.2) is 15.8 Å². The lowest BCUT2D eigenvalue weighted by Crippen LogP contribution is -2.29. The van der Waals surface area contributed by atoms with Crippen molar-refractivity contribution >= 4 is 39.0 Å². The SMILES string of the molecule is O=C1c2oc3ccc(F)cc3c(=O)c2[C@@H](c2ccc([N+](=O)[O-])cc2)N1c1nccs1. The molecule has 0 unspecified atom stereocenters. The van der Waals surface area contributed by atoms with E-state index in [1.165, 1.54) is 52.8 Å². The molecule has 1 atom stereocenters. The number of nitro groups is 1. The van der Waals surface area contributed by atoms with Gasteiger partial charge in [0.1, 0.15) is 11.4 Å². The molecule has 0 saturated heterocycles. The minimum Gasteiger partial charge on any atom is -0.450 e. The molecule has 30 heavy (non-hydrogen) atoms. The van der Waals surface area contributed by atoms with Crippen molar-refractivity contribution in [1.29, 1.82) is 0 Å². The highest BCUT2D eigenvalue weighted by Gasteiger charge is 2.44. The average Bonchev–Trinajstić information content (AvgIpc) is 3.35. The van der Waals surface area contributed by atoms with E-state index < -0.39 is 28.1 Å². The molecule has 1 amide bonds. The second-order valence-corrected chi connectivity index (χ2v) is 7.43.